The lowest BCUT2D eigenvalue weighted by Crippen LogP contribution is -2.35. The van der Waals surface area contributed by atoms with Crippen LogP contribution in [0.15, 0.2) is 23.1 Å². The number of carbonyl (C=O) groups is 1. The van der Waals surface area contributed by atoms with E-state index in [0.29, 0.717) is 18.4 Å². The van der Waals surface area contributed by atoms with Crippen molar-refractivity contribution in [1.82, 2.24) is 0 Å². The first-order valence-corrected chi connectivity index (χ1v) is 7.32. The molecule has 0 fully saturated rings. The number of carbonyl (C=O) groups excluding carboxylic acids is 1. The molecule has 1 atom stereocenters. The van der Waals surface area contributed by atoms with Crippen molar-refractivity contribution in [3.63, 3.8) is 0 Å². The Hall–Kier alpha value is -0.840. The van der Waals surface area contributed by atoms with Crippen molar-refractivity contribution >= 4 is 17.5 Å². The number of rotatable bonds is 3. The molecule has 0 saturated carbocycles. The van der Waals surface area contributed by atoms with Crippen molar-refractivity contribution in [2.24, 2.45) is 5.73 Å². The predicted octanol–water partition coefficient (Wildman–Crippen LogP) is 2.31. The van der Waals surface area contributed by atoms with Gasteiger partial charge in [-0.25, -0.2) is 0 Å². The van der Waals surface area contributed by atoms with E-state index in [0.717, 1.165) is 22.6 Å². The van der Waals surface area contributed by atoms with Crippen LogP contribution in [-0.2, 0) is 5.60 Å². The minimum absolute atomic E-state index is 0.103. The maximum Gasteiger partial charge on any atom is 0.162 e. The van der Waals surface area contributed by atoms with Gasteiger partial charge < -0.3 is 10.8 Å². The molecular formula is C14H19NO2S. The van der Waals surface area contributed by atoms with Gasteiger partial charge in [-0.2, -0.15) is 0 Å². The quantitative estimate of drug-likeness (QED) is 0.823. The highest BCUT2D eigenvalue weighted by molar-refractivity contribution is 7.99. The second kappa shape index (κ2) is 5.43. The van der Waals surface area contributed by atoms with Crippen LogP contribution in [0.4, 0.5) is 0 Å². The molecule has 2 rings (SSSR count). The van der Waals surface area contributed by atoms with Gasteiger partial charge in [0.1, 0.15) is 5.60 Å². The number of thioether (sulfide) groups is 1. The number of benzene rings is 1. The summed E-state index contributed by atoms with van der Waals surface area (Å²) >= 11 is 1.73. The summed E-state index contributed by atoms with van der Waals surface area (Å²) in [6.07, 6.45) is 2.07. The van der Waals surface area contributed by atoms with Crippen LogP contribution in [0.3, 0.4) is 0 Å². The molecule has 98 valence electrons. The van der Waals surface area contributed by atoms with E-state index >= 15 is 0 Å². The topological polar surface area (TPSA) is 63.3 Å². The molecule has 3 nitrogen and oxygen atoms in total. The Morgan fingerprint density at radius 3 is 3.00 bits per heavy atom. The Balaban J connectivity index is 2.50. The average molecular weight is 265 g/mol. The Morgan fingerprint density at radius 1 is 1.56 bits per heavy atom. The molecule has 0 bridgehead atoms. The van der Waals surface area contributed by atoms with Gasteiger partial charge in [0.25, 0.3) is 0 Å². The van der Waals surface area contributed by atoms with Gasteiger partial charge in [0.15, 0.2) is 5.78 Å². The highest BCUT2D eigenvalue weighted by Gasteiger charge is 2.32. The summed E-state index contributed by atoms with van der Waals surface area (Å²) in [6.45, 7) is 2.04. The van der Waals surface area contributed by atoms with Gasteiger partial charge in [-0.15, -0.1) is 11.8 Å². The van der Waals surface area contributed by atoms with Crippen LogP contribution in [0.5, 0.6) is 0 Å². The number of hydrogen-bond donors (Lipinski definition) is 2. The van der Waals surface area contributed by atoms with Crippen molar-refractivity contribution in [3.05, 3.63) is 29.3 Å². The van der Waals surface area contributed by atoms with Gasteiger partial charge in [0.05, 0.1) is 0 Å². The smallest absolute Gasteiger partial charge is 0.162 e. The predicted molar refractivity (Wildman–Crippen MR) is 74.0 cm³/mol. The Bertz CT molecular complexity index is 461. The van der Waals surface area contributed by atoms with E-state index < -0.39 is 5.60 Å². The zero-order valence-electron chi connectivity index (χ0n) is 10.6. The monoisotopic (exact) mass is 265 g/mol. The van der Waals surface area contributed by atoms with E-state index in [9.17, 15) is 9.90 Å². The summed E-state index contributed by atoms with van der Waals surface area (Å²) in [4.78, 5) is 12.8. The first-order chi connectivity index (χ1) is 8.60. The Morgan fingerprint density at radius 2 is 2.33 bits per heavy atom. The molecule has 4 heteroatoms. The minimum atomic E-state index is -0.983. The summed E-state index contributed by atoms with van der Waals surface area (Å²) in [6, 6.07) is 5.61. The molecule has 18 heavy (non-hydrogen) atoms. The highest BCUT2D eigenvalue weighted by Crippen LogP contribution is 2.38. The second-order valence-corrected chi connectivity index (χ2v) is 5.81. The Kier molecular flexibility index (Phi) is 4.10. The maximum atomic E-state index is 11.8. The van der Waals surface area contributed by atoms with Crippen LogP contribution in [0.1, 0.15) is 42.1 Å². The van der Waals surface area contributed by atoms with Crippen molar-refractivity contribution in [2.45, 2.75) is 36.7 Å². The van der Waals surface area contributed by atoms with E-state index in [-0.39, 0.29) is 12.3 Å². The molecule has 0 amide bonds. The van der Waals surface area contributed by atoms with Crippen LogP contribution in [0.2, 0.25) is 0 Å². The first kappa shape index (κ1) is 13.6. The number of nitrogens with two attached hydrogens (primary N) is 1. The SMILES string of the molecule is CCC(=O)c1ccc2c(c1)C(O)(CN)CCCS2. The fourth-order valence-electron chi connectivity index (χ4n) is 2.29. The molecule has 0 aliphatic carbocycles. The van der Waals surface area contributed by atoms with Gasteiger partial charge in [-0.05, 0) is 36.3 Å². The molecule has 0 aromatic heterocycles. The molecule has 1 unspecified atom stereocenters. The largest absolute Gasteiger partial charge is 0.384 e. The lowest BCUT2D eigenvalue weighted by Gasteiger charge is -2.27. The van der Waals surface area contributed by atoms with Gasteiger partial charge in [-0.3, -0.25) is 4.79 Å². The molecule has 1 aromatic rings. The molecule has 3 N–H and O–H groups in total. The molecular weight excluding hydrogens is 246 g/mol. The number of aliphatic hydroxyl groups is 1. The zero-order chi connectivity index (χ0) is 13.2. The van der Waals surface area contributed by atoms with Crippen molar-refractivity contribution in [3.8, 4) is 0 Å². The first-order valence-electron chi connectivity index (χ1n) is 6.33. The molecule has 1 aliphatic heterocycles. The molecule has 0 saturated heterocycles. The second-order valence-electron chi connectivity index (χ2n) is 4.68. The molecule has 0 spiro atoms. The van der Waals surface area contributed by atoms with E-state index in [1.54, 1.807) is 11.8 Å². The summed E-state index contributed by atoms with van der Waals surface area (Å²) in [7, 11) is 0. The molecule has 1 heterocycles. The van der Waals surface area contributed by atoms with Crippen molar-refractivity contribution in [1.29, 1.82) is 0 Å². The lowest BCUT2D eigenvalue weighted by molar-refractivity contribution is 0.0345. The van der Waals surface area contributed by atoms with Crippen molar-refractivity contribution < 1.29 is 9.90 Å². The van der Waals surface area contributed by atoms with E-state index in [4.69, 9.17) is 5.73 Å². The third kappa shape index (κ3) is 2.46. The number of ketones is 1. The summed E-state index contributed by atoms with van der Waals surface area (Å²) < 4.78 is 0. The van der Waals surface area contributed by atoms with Crippen LogP contribution in [0, 0.1) is 0 Å². The number of fused-ring (bicyclic) bond motifs is 1. The summed E-state index contributed by atoms with van der Waals surface area (Å²) in [5.74, 6) is 1.09. The average Bonchev–Trinajstić information content (AvgIpc) is 2.58. The van der Waals surface area contributed by atoms with Crippen LogP contribution in [0.25, 0.3) is 0 Å². The number of hydrogen-bond acceptors (Lipinski definition) is 4. The third-order valence-electron chi connectivity index (χ3n) is 3.45. The zero-order valence-corrected chi connectivity index (χ0v) is 11.4. The van der Waals surface area contributed by atoms with Gasteiger partial charge in [0.2, 0.25) is 0 Å². The summed E-state index contributed by atoms with van der Waals surface area (Å²) in [5, 5.41) is 10.6. The summed E-state index contributed by atoms with van der Waals surface area (Å²) in [5.41, 5.74) is 6.25. The standard InChI is InChI=1S/C14H19NO2S/c1-2-12(16)10-4-5-13-11(8-10)14(17,9-15)6-3-7-18-13/h4-5,8,17H,2-3,6-7,9,15H2,1H3. The molecule has 1 aliphatic rings. The third-order valence-corrected chi connectivity index (χ3v) is 4.61. The van der Waals surface area contributed by atoms with Crippen LogP contribution in [-0.4, -0.2) is 23.2 Å². The lowest BCUT2D eigenvalue weighted by atomic mass is 9.88. The van der Waals surface area contributed by atoms with Gasteiger partial charge in [0, 0.05) is 23.4 Å². The normalized spacial score (nSPS) is 23.3. The van der Waals surface area contributed by atoms with E-state index in [2.05, 4.69) is 0 Å². The minimum Gasteiger partial charge on any atom is -0.384 e. The highest BCUT2D eigenvalue weighted by atomic mass is 32.2. The van der Waals surface area contributed by atoms with Crippen LogP contribution >= 0.6 is 11.8 Å². The van der Waals surface area contributed by atoms with Crippen molar-refractivity contribution in [2.75, 3.05) is 12.3 Å². The number of Topliss-reactive ketones (excluding diaryl/α,β-unsaturated/α-hetero) is 1. The van der Waals surface area contributed by atoms with E-state index in [1.165, 1.54) is 0 Å². The molecule has 0 radical (unpaired) electrons. The van der Waals surface area contributed by atoms with Crippen LogP contribution < -0.4 is 5.73 Å². The fourth-order valence-corrected chi connectivity index (χ4v) is 3.37. The van der Waals surface area contributed by atoms with E-state index in [1.807, 2.05) is 25.1 Å². The fraction of sp³-hybridized carbons (Fsp3) is 0.500. The van der Waals surface area contributed by atoms with Gasteiger partial charge in [-0.1, -0.05) is 13.0 Å². The molecule has 1 aromatic carbocycles. The van der Waals surface area contributed by atoms with Gasteiger partial charge >= 0.3 is 0 Å². The Labute approximate surface area is 112 Å². The maximum absolute atomic E-state index is 11.8.